The fraction of sp³-hybridized carbons (Fsp3) is 0.444. The predicted molar refractivity (Wildman–Crippen MR) is 104 cm³/mol. The number of anilines is 1. The van der Waals surface area contributed by atoms with E-state index in [9.17, 15) is 17.6 Å². The zero-order valence-electron chi connectivity index (χ0n) is 15.5. The Balaban J connectivity index is 1.59. The van der Waals surface area contributed by atoms with Crippen molar-refractivity contribution in [1.29, 1.82) is 5.26 Å². The lowest BCUT2D eigenvalue weighted by Gasteiger charge is -2.21. The quantitative estimate of drug-likeness (QED) is 0.576. The van der Waals surface area contributed by atoms with E-state index in [2.05, 4.69) is 10.2 Å². The molecule has 0 saturated carbocycles. The number of nitriles is 1. The molecule has 3 rings (SSSR count). The first-order valence-electron chi connectivity index (χ1n) is 8.95. The van der Waals surface area contributed by atoms with Crippen LogP contribution in [0.1, 0.15) is 18.7 Å². The first-order valence-corrected chi connectivity index (χ1v) is 11.8. The standard InChI is InChI=1S/C18H19FN4O4S2/c19-14-4-1-2-5-15(14)23(8-3-7-20)17(24)11-28-18-22-21-16(27-18)10-13-6-9-29(25,26)12-13/h1-2,4-5,13H,3,6,8-12H2. The number of sulfone groups is 1. The maximum atomic E-state index is 14.1. The number of carbonyl (C=O) groups is 1. The van der Waals surface area contributed by atoms with Crippen LogP contribution in [0, 0.1) is 23.1 Å². The number of hydrogen-bond acceptors (Lipinski definition) is 8. The van der Waals surface area contributed by atoms with Crippen molar-refractivity contribution in [2.24, 2.45) is 5.92 Å². The molecule has 1 aromatic carbocycles. The molecule has 0 radical (unpaired) electrons. The first-order chi connectivity index (χ1) is 13.9. The van der Waals surface area contributed by atoms with E-state index in [4.69, 9.17) is 9.68 Å². The third kappa shape index (κ3) is 5.77. The van der Waals surface area contributed by atoms with E-state index in [1.165, 1.54) is 23.1 Å². The Hall–Kier alpha value is -2.45. The molecular formula is C18H19FN4O4S2. The van der Waals surface area contributed by atoms with Gasteiger partial charge in [-0.15, -0.1) is 10.2 Å². The van der Waals surface area contributed by atoms with Crippen molar-refractivity contribution >= 4 is 33.2 Å². The highest BCUT2D eigenvalue weighted by molar-refractivity contribution is 7.99. The molecule has 1 unspecified atom stereocenters. The minimum atomic E-state index is -2.98. The number of benzene rings is 1. The third-order valence-corrected chi connectivity index (χ3v) is 7.09. The summed E-state index contributed by atoms with van der Waals surface area (Å²) in [7, 11) is -2.98. The Labute approximate surface area is 172 Å². The van der Waals surface area contributed by atoms with Crippen molar-refractivity contribution in [2.45, 2.75) is 24.5 Å². The highest BCUT2D eigenvalue weighted by Gasteiger charge is 2.29. The van der Waals surface area contributed by atoms with Gasteiger partial charge in [0.2, 0.25) is 11.8 Å². The van der Waals surface area contributed by atoms with Gasteiger partial charge < -0.3 is 9.32 Å². The molecule has 0 N–H and O–H groups in total. The molecule has 154 valence electrons. The molecule has 2 aromatic rings. The van der Waals surface area contributed by atoms with Gasteiger partial charge in [0.25, 0.3) is 5.22 Å². The summed E-state index contributed by atoms with van der Waals surface area (Å²) in [6.45, 7) is 0.0715. The fourth-order valence-corrected chi connectivity index (χ4v) is 5.59. The van der Waals surface area contributed by atoms with Crippen molar-refractivity contribution in [3.05, 3.63) is 36.0 Å². The predicted octanol–water partition coefficient (Wildman–Crippen LogP) is 2.22. The maximum Gasteiger partial charge on any atom is 0.277 e. The van der Waals surface area contributed by atoms with Gasteiger partial charge in [0.1, 0.15) is 5.82 Å². The number of aromatic nitrogens is 2. The number of carbonyl (C=O) groups excluding carboxylic acids is 1. The van der Waals surface area contributed by atoms with Crippen LogP contribution in [0.4, 0.5) is 10.1 Å². The van der Waals surface area contributed by atoms with Crippen LogP contribution < -0.4 is 4.90 Å². The van der Waals surface area contributed by atoms with E-state index in [0.717, 1.165) is 11.8 Å². The Morgan fingerprint density at radius 3 is 2.86 bits per heavy atom. The van der Waals surface area contributed by atoms with Gasteiger partial charge in [0.05, 0.1) is 35.4 Å². The van der Waals surface area contributed by atoms with Crippen molar-refractivity contribution < 1.29 is 22.0 Å². The van der Waals surface area contributed by atoms with E-state index in [-0.39, 0.29) is 47.1 Å². The topological polar surface area (TPSA) is 117 Å². The van der Waals surface area contributed by atoms with E-state index in [0.29, 0.717) is 18.7 Å². The van der Waals surface area contributed by atoms with Crippen LogP contribution in [0.3, 0.4) is 0 Å². The molecule has 0 spiro atoms. The van der Waals surface area contributed by atoms with E-state index < -0.39 is 21.6 Å². The summed E-state index contributed by atoms with van der Waals surface area (Å²) in [5.74, 6) is -0.421. The summed E-state index contributed by atoms with van der Waals surface area (Å²) in [5, 5.41) is 16.8. The molecule has 1 amide bonds. The van der Waals surface area contributed by atoms with Gasteiger partial charge in [-0.3, -0.25) is 4.79 Å². The van der Waals surface area contributed by atoms with Gasteiger partial charge >= 0.3 is 0 Å². The molecule has 1 saturated heterocycles. The summed E-state index contributed by atoms with van der Waals surface area (Å²) in [5.41, 5.74) is 0.113. The second-order valence-electron chi connectivity index (χ2n) is 6.63. The van der Waals surface area contributed by atoms with Crippen LogP contribution in [0.5, 0.6) is 0 Å². The largest absolute Gasteiger partial charge is 0.416 e. The van der Waals surface area contributed by atoms with Crippen molar-refractivity contribution in [1.82, 2.24) is 10.2 Å². The van der Waals surface area contributed by atoms with Gasteiger partial charge in [-0.1, -0.05) is 23.9 Å². The molecule has 2 heterocycles. The smallest absolute Gasteiger partial charge is 0.277 e. The maximum absolute atomic E-state index is 14.1. The normalized spacial score (nSPS) is 17.7. The van der Waals surface area contributed by atoms with Crippen LogP contribution in [0.15, 0.2) is 33.9 Å². The molecule has 0 aliphatic carbocycles. The first kappa shape index (κ1) is 21.3. The summed E-state index contributed by atoms with van der Waals surface area (Å²) < 4.78 is 42.6. The zero-order chi connectivity index (χ0) is 20.9. The molecule has 11 heteroatoms. The fourth-order valence-electron chi connectivity index (χ4n) is 3.07. The van der Waals surface area contributed by atoms with Gasteiger partial charge in [0.15, 0.2) is 9.84 Å². The van der Waals surface area contributed by atoms with E-state index in [1.807, 2.05) is 6.07 Å². The summed E-state index contributed by atoms with van der Waals surface area (Å²) in [4.78, 5) is 13.8. The second kappa shape index (κ2) is 9.37. The van der Waals surface area contributed by atoms with E-state index in [1.54, 1.807) is 6.07 Å². The molecular weight excluding hydrogens is 419 g/mol. The number of nitrogens with zero attached hydrogens (tertiary/aromatic N) is 4. The monoisotopic (exact) mass is 438 g/mol. The summed E-state index contributed by atoms with van der Waals surface area (Å²) in [6, 6.07) is 7.83. The zero-order valence-corrected chi connectivity index (χ0v) is 17.1. The number of halogens is 1. The van der Waals surface area contributed by atoms with Crippen LogP contribution in [-0.4, -0.2) is 48.3 Å². The highest BCUT2D eigenvalue weighted by atomic mass is 32.2. The molecule has 1 fully saturated rings. The molecule has 8 nitrogen and oxygen atoms in total. The van der Waals surface area contributed by atoms with Gasteiger partial charge in [-0.25, -0.2) is 12.8 Å². The van der Waals surface area contributed by atoms with E-state index >= 15 is 0 Å². The molecule has 1 aliphatic rings. The number of hydrogen-bond donors (Lipinski definition) is 0. The Bertz CT molecular complexity index is 1020. The third-order valence-electron chi connectivity index (χ3n) is 4.45. The Morgan fingerprint density at radius 2 is 2.17 bits per heavy atom. The molecule has 1 aliphatic heterocycles. The Morgan fingerprint density at radius 1 is 1.38 bits per heavy atom. The van der Waals surface area contributed by atoms with Crippen LogP contribution in [0.2, 0.25) is 0 Å². The lowest BCUT2D eigenvalue weighted by Crippen LogP contribution is -2.34. The Kier molecular flexibility index (Phi) is 6.87. The van der Waals surface area contributed by atoms with Crippen molar-refractivity contribution in [2.75, 3.05) is 28.7 Å². The van der Waals surface area contributed by atoms with Crippen LogP contribution >= 0.6 is 11.8 Å². The highest BCUT2D eigenvalue weighted by Crippen LogP contribution is 2.25. The minimum absolute atomic E-state index is 0.0394. The average Bonchev–Trinajstić information content (AvgIpc) is 3.27. The second-order valence-corrected chi connectivity index (χ2v) is 9.78. The van der Waals surface area contributed by atoms with Crippen LogP contribution in [0.25, 0.3) is 0 Å². The summed E-state index contributed by atoms with van der Waals surface area (Å²) >= 11 is 1.01. The lowest BCUT2D eigenvalue weighted by molar-refractivity contribution is -0.116. The summed E-state index contributed by atoms with van der Waals surface area (Å²) in [6.07, 6.45) is 1.02. The minimum Gasteiger partial charge on any atom is -0.416 e. The number of rotatable bonds is 8. The van der Waals surface area contributed by atoms with Crippen molar-refractivity contribution in [3.8, 4) is 6.07 Å². The number of amides is 1. The van der Waals surface area contributed by atoms with Crippen LogP contribution in [-0.2, 0) is 21.1 Å². The molecule has 29 heavy (non-hydrogen) atoms. The average molecular weight is 439 g/mol. The van der Waals surface area contributed by atoms with Gasteiger partial charge in [0, 0.05) is 13.0 Å². The SMILES string of the molecule is N#CCCN(C(=O)CSc1nnc(CC2CCS(=O)(=O)C2)o1)c1ccccc1F. The number of thioether (sulfide) groups is 1. The lowest BCUT2D eigenvalue weighted by atomic mass is 10.1. The molecule has 0 bridgehead atoms. The van der Waals surface area contributed by atoms with Gasteiger partial charge in [-0.2, -0.15) is 5.26 Å². The van der Waals surface area contributed by atoms with Gasteiger partial charge in [-0.05, 0) is 24.5 Å². The molecule has 1 atom stereocenters. The molecule has 1 aromatic heterocycles. The van der Waals surface area contributed by atoms with Crippen molar-refractivity contribution in [3.63, 3.8) is 0 Å². The number of para-hydroxylation sites is 1.